The van der Waals surface area contributed by atoms with Gasteiger partial charge in [0.2, 0.25) is 0 Å². The monoisotopic (exact) mass is 304 g/mol. The Morgan fingerprint density at radius 3 is 2.65 bits per heavy atom. The Morgan fingerprint density at radius 1 is 1.04 bits per heavy atom. The van der Waals surface area contributed by atoms with Crippen LogP contribution in [0, 0.1) is 5.92 Å². The van der Waals surface area contributed by atoms with Gasteiger partial charge in [0.15, 0.2) is 0 Å². The van der Waals surface area contributed by atoms with E-state index in [0.717, 1.165) is 5.69 Å². The maximum Gasteiger partial charge on any atom is 0.0964 e. The molecule has 0 amide bonds. The molecule has 2 atom stereocenters. The van der Waals surface area contributed by atoms with E-state index in [1.807, 2.05) is 0 Å². The average molecular weight is 304 g/mol. The maximum atomic E-state index is 4.78. The summed E-state index contributed by atoms with van der Waals surface area (Å²) < 4.78 is 0. The minimum Gasteiger partial charge on any atom is -0.281 e. The quantitative estimate of drug-likeness (QED) is 0.630. The molecule has 0 saturated heterocycles. The van der Waals surface area contributed by atoms with Crippen molar-refractivity contribution < 1.29 is 0 Å². The lowest BCUT2D eigenvalue weighted by molar-refractivity contribution is 0.403. The molecule has 2 nitrogen and oxygen atoms in total. The Kier molecular flexibility index (Phi) is 3.48. The van der Waals surface area contributed by atoms with Gasteiger partial charge in [0.25, 0.3) is 0 Å². The Morgan fingerprint density at radius 2 is 1.83 bits per heavy atom. The lowest BCUT2D eigenvalue weighted by Crippen LogP contribution is -2.16. The molecule has 3 aromatic rings. The summed E-state index contributed by atoms with van der Waals surface area (Å²) in [6.45, 7) is 6.99. The molecule has 0 aliphatic heterocycles. The van der Waals surface area contributed by atoms with Crippen LogP contribution in [0.1, 0.15) is 56.7 Å². The number of hydrogen-bond donors (Lipinski definition) is 1. The van der Waals surface area contributed by atoms with Crippen LogP contribution in [-0.2, 0) is 0 Å². The van der Waals surface area contributed by atoms with Crippen molar-refractivity contribution in [3.63, 3.8) is 0 Å². The van der Waals surface area contributed by atoms with Crippen molar-refractivity contribution in [2.75, 3.05) is 0 Å². The van der Waals surface area contributed by atoms with E-state index >= 15 is 0 Å². The van der Waals surface area contributed by atoms with E-state index < -0.39 is 0 Å². The number of hydrogen-bond acceptors (Lipinski definition) is 1. The van der Waals surface area contributed by atoms with Crippen molar-refractivity contribution >= 4 is 10.8 Å². The second kappa shape index (κ2) is 5.52. The Labute approximate surface area is 137 Å². The molecule has 2 aromatic carbocycles. The van der Waals surface area contributed by atoms with Gasteiger partial charge in [-0.3, -0.25) is 5.10 Å². The summed E-state index contributed by atoms with van der Waals surface area (Å²) in [5.74, 6) is 1.84. The highest BCUT2D eigenvalue weighted by Gasteiger charge is 2.32. The first kappa shape index (κ1) is 14.5. The van der Waals surface area contributed by atoms with Crippen LogP contribution in [-0.4, -0.2) is 10.2 Å². The summed E-state index contributed by atoms with van der Waals surface area (Å²) in [6.07, 6.45) is 2.52. The van der Waals surface area contributed by atoms with Crippen molar-refractivity contribution in [1.29, 1.82) is 0 Å². The summed E-state index contributed by atoms with van der Waals surface area (Å²) in [5.41, 5.74) is 5.25. The van der Waals surface area contributed by atoms with Crippen molar-refractivity contribution in [1.82, 2.24) is 10.2 Å². The highest BCUT2D eigenvalue weighted by molar-refractivity contribution is 5.96. The predicted octanol–water partition coefficient (Wildman–Crippen LogP) is 5.87. The van der Waals surface area contributed by atoms with E-state index in [1.165, 1.54) is 40.4 Å². The Bertz CT molecular complexity index is 839. The van der Waals surface area contributed by atoms with Crippen molar-refractivity contribution in [3.05, 3.63) is 53.7 Å². The molecule has 0 saturated carbocycles. The third kappa shape index (κ3) is 2.28. The van der Waals surface area contributed by atoms with Crippen LogP contribution in [0.3, 0.4) is 0 Å². The molecular weight excluding hydrogens is 280 g/mol. The molecule has 0 fully saturated rings. The molecule has 0 radical (unpaired) electrons. The van der Waals surface area contributed by atoms with Crippen molar-refractivity contribution in [3.8, 4) is 11.3 Å². The van der Waals surface area contributed by atoms with Crippen LogP contribution in [0.25, 0.3) is 22.0 Å². The number of aromatic nitrogens is 2. The van der Waals surface area contributed by atoms with Gasteiger partial charge < -0.3 is 0 Å². The molecule has 1 aliphatic carbocycles. The van der Waals surface area contributed by atoms with Gasteiger partial charge in [-0.2, -0.15) is 5.10 Å². The van der Waals surface area contributed by atoms with Crippen LogP contribution in [0.4, 0.5) is 0 Å². The summed E-state index contributed by atoms with van der Waals surface area (Å²) in [6, 6.07) is 15.1. The van der Waals surface area contributed by atoms with Gasteiger partial charge >= 0.3 is 0 Å². The van der Waals surface area contributed by atoms with E-state index in [4.69, 9.17) is 5.10 Å². The van der Waals surface area contributed by atoms with Crippen LogP contribution in [0.2, 0.25) is 0 Å². The number of aromatic amines is 1. The van der Waals surface area contributed by atoms with Gasteiger partial charge in [-0.15, -0.1) is 0 Å². The summed E-state index contributed by atoms with van der Waals surface area (Å²) in [4.78, 5) is 0. The average Bonchev–Trinajstić information content (AvgIpc) is 3.00. The SMILES string of the molecule is CC(C)[C@@H]1CC[C@@H](C)c2c(-c3cccc4ccccc34)n[nH]c21. The van der Waals surface area contributed by atoms with Crippen LogP contribution < -0.4 is 0 Å². The van der Waals surface area contributed by atoms with Gasteiger partial charge in [-0.25, -0.2) is 0 Å². The topological polar surface area (TPSA) is 28.7 Å². The van der Waals surface area contributed by atoms with Crippen LogP contribution >= 0.6 is 0 Å². The van der Waals surface area contributed by atoms with E-state index in [-0.39, 0.29) is 0 Å². The zero-order chi connectivity index (χ0) is 16.0. The number of nitrogens with one attached hydrogen (secondary N) is 1. The molecular formula is C21H24N2. The van der Waals surface area contributed by atoms with Gasteiger partial charge in [0.1, 0.15) is 0 Å². The normalized spacial score (nSPS) is 20.9. The fourth-order valence-corrected chi connectivity index (χ4v) is 4.17. The molecule has 2 heteroatoms. The third-order valence-corrected chi connectivity index (χ3v) is 5.46. The molecule has 1 heterocycles. The maximum absolute atomic E-state index is 4.78. The minimum atomic E-state index is 0.577. The second-order valence-corrected chi connectivity index (χ2v) is 7.26. The minimum absolute atomic E-state index is 0.577. The Hall–Kier alpha value is -2.09. The zero-order valence-electron chi connectivity index (χ0n) is 14.1. The van der Waals surface area contributed by atoms with Crippen molar-refractivity contribution in [2.45, 2.75) is 45.4 Å². The van der Waals surface area contributed by atoms with E-state index in [1.54, 1.807) is 0 Å². The predicted molar refractivity (Wildman–Crippen MR) is 96.8 cm³/mol. The van der Waals surface area contributed by atoms with E-state index in [0.29, 0.717) is 17.8 Å². The molecule has 0 bridgehead atoms. The first-order chi connectivity index (χ1) is 11.2. The highest BCUT2D eigenvalue weighted by atomic mass is 15.1. The second-order valence-electron chi connectivity index (χ2n) is 7.26. The number of rotatable bonds is 2. The smallest absolute Gasteiger partial charge is 0.0964 e. The standard InChI is InChI=1S/C21H24N2/c1-13(2)16-12-11-14(3)19-20(16)22-23-21(19)18-10-6-8-15-7-4-5-9-17(15)18/h4-10,13-14,16H,11-12H2,1-3H3,(H,22,23)/t14-,16+/m1/s1. The number of nitrogens with zero attached hydrogens (tertiary/aromatic N) is 1. The molecule has 1 N–H and O–H groups in total. The molecule has 4 rings (SSSR count). The molecule has 0 spiro atoms. The first-order valence-corrected chi connectivity index (χ1v) is 8.73. The zero-order valence-corrected chi connectivity index (χ0v) is 14.1. The fourth-order valence-electron chi connectivity index (χ4n) is 4.17. The summed E-state index contributed by atoms with van der Waals surface area (Å²) in [7, 11) is 0. The van der Waals surface area contributed by atoms with Gasteiger partial charge in [-0.1, -0.05) is 63.2 Å². The van der Waals surface area contributed by atoms with Crippen LogP contribution in [0.5, 0.6) is 0 Å². The van der Waals surface area contributed by atoms with Crippen LogP contribution in [0.15, 0.2) is 42.5 Å². The van der Waals surface area contributed by atoms with E-state index in [9.17, 15) is 0 Å². The van der Waals surface area contributed by atoms with Crippen molar-refractivity contribution in [2.24, 2.45) is 5.92 Å². The lowest BCUT2D eigenvalue weighted by Gasteiger charge is -2.29. The molecule has 118 valence electrons. The molecule has 23 heavy (non-hydrogen) atoms. The third-order valence-electron chi connectivity index (χ3n) is 5.46. The molecule has 1 aromatic heterocycles. The fraction of sp³-hybridized carbons (Fsp3) is 0.381. The van der Waals surface area contributed by atoms with Gasteiger partial charge in [-0.05, 0) is 35.4 Å². The Balaban J connectivity index is 1.94. The number of benzene rings is 2. The lowest BCUT2D eigenvalue weighted by atomic mass is 9.75. The van der Waals surface area contributed by atoms with Gasteiger partial charge in [0.05, 0.1) is 5.69 Å². The van der Waals surface area contributed by atoms with Gasteiger partial charge in [0, 0.05) is 22.7 Å². The molecule has 1 aliphatic rings. The first-order valence-electron chi connectivity index (χ1n) is 8.73. The molecule has 0 unspecified atom stereocenters. The number of H-pyrrole nitrogens is 1. The summed E-state index contributed by atoms with van der Waals surface area (Å²) >= 11 is 0. The highest BCUT2D eigenvalue weighted by Crippen LogP contribution is 2.45. The van der Waals surface area contributed by atoms with E-state index in [2.05, 4.69) is 68.3 Å². The summed E-state index contributed by atoms with van der Waals surface area (Å²) in [5, 5.41) is 10.8. The largest absolute Gasteiger partial charge is 0.281 e. The number of fused-ring (bicyclic) bond motifs is 2.